The number of ether oxygens (including phenoxy) is 1. The molecule has 2 fully saturated rings. The molecular formula is C16H22Cl2N2O. The predicted octanol–water partition coefficient (Wildman–Crippen LogP) is 3.57. The maximum Gasteiger partial charge on any atom is 0.121 e. The maximum atomic E-state index is 6.30. The van der Waals surface area contributed by atoms with Gasteiger partial charge in [0.25, 0.3) is 0 Å². The number of hydrogen-bond acceptors (Lipinski definition) is 3. The maximum absolute atomic E-state index is 6.30. The molecule has 0 aliphatic carbocycles. The zero-order valence-electron chi connectivity index (χ0n) is 12.4. The fraction of sp³-hybridized carbons (Fsp3) is 0.625. The van der Waals surface area contributed by atoms with Crippen molar-refractivity contribution in [3.63, 3.8) is 0 Å². The summed E-state index contributed by atoms with van der Waals surface area (Å²) in [5, 5.41) is 1.10. The third-order valence-corrected chi connectivity index (χ3v) is 5.42. The number of halogens is 2. The van der Waals surface area contributed by atoms with Gasteiger partial charge in [-0.05, 0) is 24.5 Å². The Morgan fingerprint density at radius 3 is 2.71 bits per heavy atom. The minimum atomic E-state index is 0.243. The van der Waals surface area contributed by atoms with Crippen LogP contribution in [0.15, 0.2) is 18.2 Å². The van der Waals surface area contributed by atoms with Crippen LogP contribution in [0.1, 0.15) is 26.7 Å². The fourth-order valence-electron chi connectivity index (χ4n) is 3.35. The number of benzene rings is 1. The van der Waals surface area contributed by atoms with Crippen LogP contribution in [0.4, 0.5) is 0 Å². The van der Waals surface area contributed by atoms with Crippen molar-refractivity contribution >= 4 is 23.2 Å². The number of fused-ring (bicyclic) bond motifs is 1. The van der Waals surface area contributed by atoms with E-state index in [9.17, 15) is 0 Å². The van der Waals surface area contributed by atoms with E-state index in [2.05, 4.69) is 18.7 Å². The first-order valence-corrected chi connectivity index (χ1v) is 8.36. The van der Waals surface area contributed by atoms with Gasteiger partial charge in [-0.25, -0.2) is 0 Å². The highest BCUT2D eigenvalue weighted by atomic mass is 35.5. The molecule has 0 aromatic heterocycles. The van der Waals surface area contributed by atoms with Gasteiger partial charge < -0.3 is 10.5 Å². The van der Waals surface area contributed by atoms with Crippen molar-refractivity contribution in [2.24, 2.45) is 11.7 Å². The van der Waals surface area contributed by atoms with E-state index < -0.39 is 0 Å². The minimum absolute atomic E-state index is 0.243. The fourth-order valence-corrected chi connectivity index (χ4v) is 3.63. The highest BCUT2D eigenvalue weighted by molar-refractivity contribution is 6.42. The third-order valence-electron chi connectivity index (χ3n) is 4.69. The van der Waals surface area contributed by atoms with Crippen LogP contribution in [0.3, 0.4) is 0 Å². The molecule has 5 atom stereocenters. The molecule has 3 nitrogen and oxygen atoms in total. The van der Waals surface area contributed by atoms with Gasteiger partial charge in [0.1, 0.15) is 11.9 Å². The van der Waals surface area contributed by atoms with Crippen LogP contribution >= 0.6 is 23.2 Å². The van der Waals surface area contributed by atoms with Crippen LogP contribution in [0.25, 0.3) is 0 Å². The van der Waals surface area contributed by atoms with Gasteiger partial charge in [0.15, 0.2) is 0 Å². The number of piperidine rings is 1. The van der Waals surface area contributed by atoms with Crippen molar-refractivity contribution in [2.75, 3.05) is 6.54 Å². The molecule has 1 aromatic rings. The molecule has 21 heavy (non-hydrogen) atoms. The molecular weight excluding hydrogens is 307 g/mol. The summed E-state index contributed by atoms with van der Waals surface area (Å²) < 4.78 is 6.07. The molecule has 2 heterocycles. The van der Waals surface area contributed by atoms with E-state index in [1.165, 1.54) is 0 Å². The van der Waals surface area contributed by atoms with Crippen LogP contribution in [-0.4, -0.2) is 35.7 Å². The normalized spacial score (nSPS) is 32.7. The highest BCUT2D eigenvalue weighted by Crippen LogP contribution is 2.41. The van der Waals surface area contributed by atoms with Gasteiger partial charge in [-0.1, -0.05) is 37.0 Å². The van der Waals surface area contributed by atoms with Gasteiger partial charge in [-0.15, -0.1) is 0 Å². The van der Waals surface area contributed by atoms with Gasteiger partial charge in [-0.3, -0.25) is 4.90 Å². The molecule has 0 amide bonds. The van der Waals surface area contributed by atoms with Crippen molar-refractivity contribution in [3.8, 4) is 5.75 Å². The van der Waals surface area contributed by atoms with Crippen LogP contribution in [0.5, 0.6) is 5.75 Å². The smallest absolute Gasteiger partial charge is 0.121 e. The average Bonchev–Trinajstić information content (AvgIpc) is 3.15. The van der Waals surface area contributed by atoms with E-state index >= 15 is 0 Å². The summed E-state index contributed by atoms with van der Waals surface area (Å²) in [6.45, 7) is 5.46. The largest absolute Gasteiger partial charge is 0.490 e. The van der Waals surface area contributed by atoms with Crippen LogP contribution < -0.4 is 10.5 Å². The minimum Gasteiger partial charge on any atom is -0.490 e. The molecule has 5 unspecified atom stereocenters. The lowest BCUT2D eigenvalue weighted by molar-refractivity contribution is 0.146. The second-order valence-electron chi connectivity index (χ2n) is 6.46. The third kappa shape index (κ3) is 3.16. The summed E-state index contributed by atoms with van der Waals surface area (Å²) in [5.74, 6) is 1.32. The Morgan fingerprint density at radius 2 is 2.05 bits per heavy atom. The first-order valence-electron chi connectivity index (χ1n) is 7.60. The zero-order chi connectivity index (χ0) is 15.1. The first kappa shape index (κ1) is 15.4. The van der Waals surface area contributed by atoms with Crippen molar-refractivity contribution in [3.05, 3.63) is 28.2 Å². The molecule has 2 N–H and O–H groups in total. The standard InChI is InChI=1S/C16H22Cl2N2O/c1-9(2)15(19)16-14-8-11(5-6-20(14)16)21-10-3-4-12(17)13(18)7-10/h3-4,7,9,11,14-16H,5-6,8,19H2,1-2H3. The Balaban J connectivity index is 1.59. The number of nitrogens with zero attached hydrogens (tertiary/aromatic N) is 1. The van der Waals surface area contributed by atoms with Gasteiger partial charge in [0.05, 0.1) is 10.0 Å². The zero-order valence-corrected chi connectivity index (χ0v) is 13.9. The number of nitrogens with two attached hydrogens (primary N) is 1. The molecule has 0 radical (unpaired) electrons. The second kappa shape index (κ2) is 5.96. The van der Waals surface area contributed by atoms with Gasteiger partial charge >= 0.3 is 0 Å². The van der Waals surface area contributed by atoms with E-state index in [0.29, 0.717) is 28.0 Å². The van der Waals surface area contributed by atoms with E-state index in [0.717, 1.165) is 25.1 Å². The van der Waals surface area contributed by atoms with Gasteiger partial charge in [-0.2, -0.15) is 0 Å². The molecule has 1 aromatic carbocycles. The summed E-state index contributed by atoms with van der Waals surface area (Å²) >= 11 is 12.0. The molecule has 0 bridgehead atoms. The number of rotatable bonds is 4. The number of hydrogen-bond donors (Lipinski definition) is 1. The molecule has 2 saturated heterocycles. The van der Waals surface area contributed by atoms with E-state index in [-0.39, 0.29) is 12.1 Å². The average molecular weight is 329 g/mol. The van der Waals surface area contributed by atoms with Crippen LogP contribution in [-0.2, 0) is 0 Å². The van der Waals surface area contributed by atoms with Crippen LogP contribution in [0, 0.1) is 5.92 Å². The molecule has 2 aliphatic heterocycles. The van der Waals surface area contributed by atoms with E-state index in [4.69, 9.17) is 33.7 Å². The summed E-state index contributed by atoms with van der Waals surface area (Å²) in [4.78, 5) is 2.51. The summed E-state index contributed by atoms with van der Waals surface area (Å²) in [7, 11) is 0. The highest BCUT2D eigenvalue weighted by Gasteiger charge is 2.54. The molecule has 116 valence electrons. The lowest BCUT2D eigenvalue weighted by atomic mass is 9.98. The topological polar surface area (TPSA) is 38.3 Å². The molecule has 0 saturated carbocycles. The second-order valence-corrected chi connectivity index (χ2v) is 7.27. The Labute approximate surface area is 136 Å². The van der Waals surface area contributed by atoms with Crippen LogP contribution in [0.2, 0.25) is 10.0 Å². The van der Waals surface area contributed by atoms with E-state index in [1.807, 2.05) is 6.07 Å². The van der Waals surface area contributed by atoms with Crippen molar-refractivity contribution < 1.29 is 4.74 Å². The lowest BCUT2D eigenvalue weighted by Crippen LogP contribution is -2.34. The Hall–Kier alpha value is -0.480. The van der Waals surface area contributed by atoms with Gasteiger partial charge in [0, 0.05) is 37.2 Å². The summed E-state index contributed by atoms with van der Waals surface area (Å²) in [6, 6.07) is 6.84. The SMILES string of the molecule is CC(C)C(N)C1C2CC(Oc3ccc(Cl)c(Cl)c3)CCN21. The van der Waals surface area contributed by atoms with E-state index in [1.54, 1.807) is 12.1 Å². The monoisotopic (exact) mass is 328 g/mol. The van der Waals surface area contributed by atoms with Crippen molar-refractivity contribution in [1.82, 2.24) is 4.90 Å². The summed E-state index contributed by atoms with van der Waals surface area (Å²) in [6.07, 6.45) is 2.33. The Kier molecular flexibility index (Phi) is 4.37. The lowest BCUT2D eigenvalue weighted by Gasteiger charge is -2.23. The van der Waals surface area contributed by atoms with Gasteiger partial charge in [0.2, 0.25) is 0 Å². The first-order chi connectivity index (χ1) is 9.97. The van der Waals surface area contributed by atoms with Crippen molar-refractivity contribution in [2.45, 2.75) is 50.9 Å². The molecule has 0 spiro atoms. The molecule has 2 aliphatic rings. The van der Waals surface area contributed by atoms with Crippen molar-refractivity contribution in [1.29, 1.82) is 0 Å². The summed E-state index contributed by atoms with van der Waals surface area (Å²) in [5.41, 5.74) is 6.30. The Morgan fingerprint density at radius 1 is 1.29 bits per heavy atom. The quantitative estimate of drug-likeness (QED) is 0.858. The molecule has 3 rings (SSSR count). The predicted molar refractivity (Wildman–Crippen MR) is 87.2 cm³/mol. The Bertz CT molecular complexity index is 523. The molecule has 5 heteroatoms.